The van der Waals surface area contributed by atoms with Gasteiger partial charge in [-0.1, -0.05) is 44.2 Å². The predicted molar refractivity (Wildman–Crippen MR) is 107 cm³/mol. The minimum Gasteiger partial charge on any atom is -0.423 e. The molecule has 0 bridgehead atoms. The van der Waals surface area contributed by atoms with Gasteiger partial charge in [0.1, 0.15) is 0 Å². The van der Waals surface area contributed by atoms with E-state index in [4.69, 9.17) is 4.42 Å². The second-order valence-corrected chi connectivity index (χ2v) is 8.50. The van der Waals surface area contributed by atoms with Crippen LogP contribution in [0.15, 0.2) is 34.7 Å². The van der Waals surface area contributed by atoms with Crippen LogP contribution in [0.2, 0.25) is 0 Å². The van der Waals surface area contributed by atoms with Crippen LogP contribution in [0.1, 0.15) is 74.8 Å². The zero-order valence-corrected chi connectivity index (χ0v) is 16.8. The summed E-state index contributed by atoms with van der Waals surface area (Å²) < 4.78 is 6.08. The van der Waals surface area contributed by atoms with Gasteiger partial charge in [-0.25, -0.2) is 0 Å². The molecule has 6 nitrogen and oxygen atoms in total. The molecule has 1 amide bonds. The molecule has 2 saturated heterocycles. The molecule has 3 heterocycles. The molecule has 2 aromatic rings. The number of hydrogen-bond donors (Lipinski definition) is 1. The molecule has 1 N–H and O–H groups in total. The lowest BCUT2D eigenvalue weighted by Crippen LogP contribution is -2.48. The summed E-state index contributed by atoms with van der Waals surface area (Å²) in [5, 5.41) is 12.2. The Morgan fingerprint density at radius 2 is 1.96 bits per heavy atom. The van der Waals surface area contributed by atoms with E-state index >= 15 is 0 Å². The summed E-state index contributed by atoms with van der Waals surface area (Å²) in [4.78, 5) is 14.1. The number of amides is 1. The van der Waals surface area contributed by atoms with Gasteiger partial charge in [0, 0.05) is 25.4 Å². The third-order valence-electron chi connectivity index (χ3n) is 5.93. The van der Waals surface area contributed by atoms with Crippen molar-refractivity contribution in [2.24, 2.45) is 5.92 Å². The Morgan fingerprint density at radius 1 is 1.21 bits per heavy atom. The van der Waals surface area contributed by atoms with Crippen LogP contribution < -0.4 is 5.32 Å². The topological polar surface area (TPSA) is 71.3 Å². The molecule has 0 radical (unpaired) electrons. The Hall–Kier alpha value is -2.21. The van der Waals surface area contributed by atoms with Crippen molar-refractivity contribution < 1.29 is 9.21 Å². The van der Waals surface area contributed by atoms with Crippen LogP contribution in [0.5, 0.6) is 0 Å². The lowest BCUT2D eigenvalue weighted by Gasteiger charge is -2.37. The summed E-state index contributed by atoms with van der Waals surface area (Å²) in [6.07, 6.45) is 3.83. The average molecular weight is 383 g/mol. The molecule has 0 aliphatic carbocycles. The molecule has 6 heteroatoms. The van der Waals surface area contributed by atoms with Crippen LogP contribution in [-0.4, -0.2) is 40.6 Å². The summed E-state index contributed by atoms with van der Waals surface area (Å²) in [6, 6.07) is 10.6. The maximum atomic E-state index is 12.2. The van der Waals surface area contributed by atoms with Crippen LogP contribution in [0, 0.1) is 5.92 Å². The Bertz CT molecular complexity index is 783. The number of nitrogens with zero attached hydrogens (tertiary/aromatic N) is 3. The molecule has 2 aliphatic rings. The molecule has 2 atom stereocenters. The average Bonchev–Trinajstić information content (AvgIpc) is 3.15. The minimum atomic E-state index is 0.0567. The Kier molecular flexibility index (Phi) is 5.76. The summed E-state index contributed by atoms with van der Waals surface area (Å²) >= 11 is 0. The number of rotatable bonds is 6. The number of likely N-dealkylation sites (tertiary alicyclic amines) is 1. The second kappa shape index (κ2) is 8.43. The normalized spacial score (nSPS) is 23.0. The third kappa shape index (κ3) is 4.12. The molecule has 1 aromatic heterocycles. The summed E-state index contributed by atoms with van der Waals surface area (Å²) in [7, 11) is 0. The SMILES string of the molecule is CC(C)CCC(=O)N1CC(c2nnc(C3NCCCC3c3ccccc3)o2)C1. The van der Waals surface area contributed by atoms with Gasteiger partial charge in [0.25, 0.3) is 0 Å². The van der Waals surface area contributed by atoms with Crippen LogP contribution in [0.25, 0.3) is 0 Å². The first kappa shape index (κ1) is 19.1. The van der Waals surface area contributed by atoms with Gasteiger partial charge < -0.3 is 14.6 Å². The van der Waals surface area contributed by atoms with E-state index in [1.165, 1.54) is 5.56 Å². The summed E-state index contributed by atoms with van der Waals surface area (Å²) in [5.41, 5.74) is 1.31. The zero-order valence-electron chi connectivity index (χ0n) is 16.8. The van der Waals surface area contributed by atoms with Crippen molar-refractivity contribution in [3.05, 3.63) is 47.7 Å². The number of hydrogen-bond acceptors (Lipinski definition) is 5. The largest absolute Gasteiger partial charge is 0.423 e. The van der Waals surface area contributed by atoms with Crippen LogP contribution >= 0.6 is 0 Å². The van der Waals surface area contributed by atoms with Crippen LogP contribution in [0.4, 0.5) is 0 Å². The Labute approximate surface area is 166 Å². The van der Waals surface area contributed by atoms with Gasteiger partial charge in [0.05, 0.1) is 12.0 Å². The number of nitrogens with one attached hydrogen (secondary N) is 1. The lowest BCUT2D eigenvalue weighted by atomic mass is 9.85. The molecule has 0 saturated carbocycles. The molecule has 1 aromatic carbocycles. The smallest absolute Gasteiger partial charge is 0.234 e. The second-order valence-electron chi connectivity index (χ2n) is 8.50. The third-order valence-corrected chi connectivity index (χ3v) is 5.93. The van der Waals surface area contributed by atoms with E-state index in [0.717, 1.165) is 25.8 Å². The van der Waals surface area contributed by atoms with Gasteiger partial charge in [-0.05, 0) is 37.3 Å². The number of carbonyl (C=O) groups is 1. The van der Waals surface area contributed by atoms with Crippen molar-refractivity contribution in [2.75, 3.05) is 19.6 Å². The molecule has 2 aliphatic heterocycles. The molecule has 28 heavy (non-hydrogen) atoms. The van der Waals surface area contributed by atoms with E-state index in [0.29, 0.717) is 43.1 Å². The van der Waals surface area contributed by atoms with Crippen LogP contribution in [0.3, 0.4) is 0 Å². The van der Waals surface area contributed by atoms with E-state index in [9.17, 15) is 4.79 Å². The fraction of sp³-hybridized carbons (Fsp3) is 0.591. The van der Waals surface area contributed by atoms with Gasteiger partial charge in [0.15, 0.2) is 0 Å². The van der Waals surface area contributed by atoms with E-state index in [2.05, 4.69) is 53.6 Å². The highest BCUT2D eigenvalue weighted by atomic mass is 16.4. The highest BCUT2D eigenvalue weighted by Crippen LogP contribution is 2.37. The number of carbonyl (C=O) groups excluding carboxylic acids is 1. The zero-order chi connectivity index (χ0) is 19.5. The van der Waals surface area contributed by atoms with Gasteiger partial charge in [0.2, 0.25) is 17.7 Å². The Balaban J connectivity index is 1.38. The van der Waals surface area contributed by atoms with E-state index in [1.54, 1.807) is 0 Å². The van der Waals surface area contributed by atoms with Gasteiger partial charge in [-0.2, -0.15) is 0 Å². The van der Waals surface area contributed by atoms with Crippen molar-refractivity contribution >= 4 is 5.91 Å². The first-order valence-electron chi connectivity index (χ1n) is 10.5. The van der Waals surface area contributed by atoms with Crippen molar-refractivity contribution in [3.63, 3.8) is 0 Å². The molecule has 2 unspecified atom stereocenters. The summed E-state index contributed by atoms with van der Waals surface area (Å²) in [6.45, 7) is 6.65. The summed E-state index contributed by atoms with van der Waals surface area (Å²) in [5.74, 6) is 2.65. The van der Waals surface area contributed by atoms with E-state index < -0.39 is 0 Å². The molecule has 2 fully saturated rings. The Morgan fingerprint density at radius 3 is 2.71 bits per heavy atom. The predicted octanol–water partition coefficient (Wildman–Crippen LogP) is 3.64. The van der Waals surface area contributed by atoms with Crippen molar-refractivity contribution in [1.29, 1.82) is 0 Å². The quantitative estimate of drug-likeness (QED) is 0.826. The molecule has 150 valence electrons. The van der Waals surface area contributed by atoms with Gasteiger partial charge in [-0.15, -0.1) is 10.2 Å². The maximum absolute atomic E-state index is 12.2. The molecule has 0 spiro atoms. The van der Waals surface area contributed by atoms with Gasteiger partial charge >= 0.3 is 0 Å². The first-order valence-corrected chi connectivity index (χ1v) is 10.5. The highest BCUT2D eigenvalue weighted by molar-refractivity contribution is 5.77. The van der Waals surface area contributed by atoms with Crippen molar-refractivity contribution in [2.45, 2.75) is 57.4 Å². The number of piperidine rings is 1. The number of benzene rings is 1. The highest BCUT2D eigenvalue weighted by Gasteiger charge is 2.37. The fourth-order valence-electron chi connectivity index (χ4n) is 4.15. The van der Waals surface area contributed by atoms with Crippen LogP contribution in [-0.2, 0) is 4.79 Å². The monoisotopic (exact) mass is 382 g/mol. The van der Waals surface area contributed by atoms with E-state index in [1.807, 2.05) is 11.0 Å². The minimum absolute atomic E-state index is 0.0567. The van der Waals surface area contributed by atoms with Crippen molar-refractivity contribution in [3.8, 4) is 0 Å². The maximum Gasteiger partial charge on any atom is 0.234 e. The first-order chi connectivity index (χ1) is 13.6. The number of aromatic nitrogens is 2. The molecule has 4 rings (SSSR count). The van der Waals surface area contributed by atoms with E-state index in [-0.39, 0.29) is 17.9 Å². The standard InChI is InChI=1S/C22H30N4O2/c1-15(2)10-11-19(27)26-13-17(14-26)21-24-25-22(28-21)20-18(9-6-12-23-20)16-7-4-3-5-8-16/h3-5,7-8,15,17-18,20,23H,6,9-14H2,1-2H3. The van der Waals surface area contributed by atoms with Crippen molar-refractivity contribution in [1.82, 2.24) is 20.4 Å². The lowest BCUT2D eigenvalue weighted by molar-refractivity contribution is -0.136. The molecular weight excluding hydrogens is 352 g/mol. The fourth-order valence-corrected chi connectivity index (χ4v) is 4.15. The molecular formula is C22H30N4O2. The van der Waals surface area contributed by atoms with Gasteiger partial charge in [-0.3, -0.25) is 4.79 Å².